The average molecular weight is 426 g/mol. The monoisotopic (exact) mass is 425 g/mol. The number of rotatable bonds is 8. The number of nitrogens with zero attached hydrogens (tertiary/aromatic N) is 2. The second-order valence-corrected chi connectivity index (χ2v) is 8.82. The van der Waals surface area contributed by atoms with Crippen molar-refractivity contribution in [2.24, 2.45) is 5.10 Å². The van der Waals surface area contributed by atoms with Crippen LogP contribution in [-0.4, -0.2) is 31.4 Å². The summed E-state index contributed by atoms with van der Waals surface area (Å²) in [5.41, 5.74) is 5.09. The van der Waals surface area contributed by atoms with E-state index in [1.807, 2.05) is 38.1 Å². The zero-order valence-electron chi connectivity index (χ0n) is 16.8. The number of sulfonamides is 1. The minimum absolute atomic E-state index is 0.0627. The van der Waals surface area contributed by atoms with Gasteiger partial charge in [0.05, 0.1) is 23.9 Å². The zero-order valence-corrected chi connectivity index (χ0v) is 17.6. The van der Waals surface area contributed by atoms with Crippen LogP contribution in [0.5, 0.6) is 0 Å². The molecule has 0 aliphatic rings. The lowest BCUT2D eigenvalue weighted by atomic mass is 10.1. The first-order valence-electron chi connectivity index (χ1n) is 9.32. The molecule has 0 aliphatic carbocycles. The summed E-state index contributed by atoms with van der Waals surface area (Å²) in [6.45, 7) is 3.50. The smallest absolute Gasteiger partial charge is 0.255 e. The molecule has 0 radical (unpaired) electrons. The number of hydrogen-bond acceptors (Lipinski definition) is 5. The lowest BCUT2D eigenvalue weighted by Gasteiger charge is -2.22. The van der Waals surface area contributed by atoms with Gasteiger partial charge in [-0.15, -0.1) is 0 Å². The number of aryl methyl sites for hydroxylation is 2. The van der Waals surface area contributed by atoms with Gasteiger partial charge in [-0.2, -0.15) is 9.41 Å². The van der Waals surface area contributed by atoms with E-state index in [1.165, 1.54) is 12.5 Å². The van der Waals surface area contributed by atoms with Crippen molar-refractivity contribution in [1.29, 1.82) is 0 Å². The minimum atomic E-state index is -3.89. The molecule has 0 saturated heterocycles. The summed E-state index contributed by atoms with van der Waals surface area (Å²) in [6, 6.07) is 17.4. The van der Waals surface area contributed by atoms with Crippen molar-refractivity contribution in [3.63, 3.8) is 0 Å². The van der Waals surface area contributed by atoms with Gasteiger partial charge in [-0.1, -0.05) is 47.5 Å². The lowest BCUT2D eigenvalue weighted by molar-refractivity contribution is -0.121. The Morgan fingerprint density at radius 2 is 1.83 bits per heavy atom. The molecule has 1 aromatic heterocycles. The summed E-state index contributed by atoms with van der Waals surface area (Å²) in [5, 5.41) is 3.81. The van der Waals surface area contributed by atoms with Gasteiger partial charge in [-0.25, -0.2) is 13.8 Å². The second-order valence-electron chi connectivity index (χ2n) is 6.88. The molecule has 0 atom stereocenters. The van der Waals surface area contributed by atoms with Crippen molar-refractivity contribution < 1.29 is 17.6 Å². The molecular formula is C22H23N3O4S. The van der Waals surface area contributed by atoms with Crippen LogP contribution in [0.4, 0.5) is 0 Å². The maximum atomic E-state index is 13.2. The lowest BCUT2D eigenvalue weighted by Crippen LogP contribution is -2.39. The molecule has 0 fully saturated rings. The Labute approximate surface area is 176 Å². The molecule has 7 nitrogen and oxygen atoms in total. The molecule has 1 amide bonds. The van der Waals surface area contributed by atoms with E-state index in [0.29, 0.717) is 5.76 Å². The van der Waals surface area contributed by atoms with E-state index in [1.54, 1.807) is 36.4 Å². The molecule has 0 saturated carbocycles. The van der Waals surface area contributed by atoms with Gasteiger partial charge in [-0.3, -0.25) is 4.79 Å². The van der Waals surface area contributed by atoms with Crippen LogP contribution in [0.1, 0.15) is 22.5 Å². The Bertz CT molecular complexity index is 1120. The third kappa shape index (κ3) is 5.65. The van der Waals surface area contributed by atoms with Crippen molar-refractivity contribution in [3.05, 3.63) is 89.4 Å². The fourth-order valence-electron chi connectivity index (χ4n) is 2.83. The first-order valence-corrected chi connectivity index (χ1v) is 10.8. The molecular weight excluding hydrogens is 402 g/mol. The third-order valence-corrected chi connectivity index (χ3v) is 6.15. The Kier molecular flexibility index (Phi) is 6.81. The molecule has 0 unspecified atom stereocenters. The van der Waals surface area contributed by atoms with Gasteiger partial charge in [0.25, 0.3) is 5.91 Å². The van der Waals surface area contributed by atoms with Crippen LogP contribution in [0.15, 0.2) is 81.3 Å². The molecule has 1 heterocycles. The third-order valence-electron chi connectivity index (χ3n) is 4.34. The van der Waals surface area contributed by atoms with Crippen molar-refractivity contribution >= 4 is 22.1 Å². The van der Waals surface area contributed by atoms with Crippen LogP contribution in [0.25, 0.3) is 0 Å². The molecule has 3 aromatic rings. The minimum Gasteiger partial charge on any atom is -0.463 e. The summed E-state index contributed by atoms with van der Waals surface area (Å²) in [5.74, 6) is -0.0830. The first-order chi connectivity index (χ1) is 14.3. The number of hydrazone groups is 1. The Balaban J connectivity index is 1.81. The molecule has 0 spiro atoms. The van der Waals surface area contributed by atoms with E-state index in [2.05, 4.69) is 10.5 Å². The normalized spacial score (nSPS) is 11.8. The van der Waals surface area contributed by atoms with Crippen molar-refractivity contribution in [1.82, 2.24) is 9.73 Å². The number of amides is 1. The number of furan rings is 1. The summed E-state index contributed by atoms with van der Waals surface area (Å²) in [6.07, 6.45) is 2.83. The average Bonchev–Trinajstić information content (AvgIpc) is 3.21. The van der Waals surface area contributed by atoms with Crippen LogP contribution in [-0.2, 0) is 21.4 Å². The fraction of sp³-hybridized carbons (Fsp3) is 0.182. The number of carbonyl (C=O) groups excluding carboxylic acids is 1. The van der Waals surface area contributed by atoms with Crippen LogP contribution in [0.3, 0.4) is 0 Å². The first kappa shape index (κ1) is 21.5. The maximum absolute atomic E-state index is 13.2. The van der Waals surface area contributed by atoms with Crippen LogP contribution >= 0.6 is 0 Å². The van der Waals surface area contributed by atoms with E-state index in [-0.39, 0.29) is 18.0 Å². The van der Waals surface area contributed by atoms with E-state index in [9.17, 15) is 13.2 Å². The van der Waals surface area contributed by atoms with Crippen LogP contribution in [0.2, 0.25) is 0 Å². The van der Waals surface area contributed by atoms with Gasteiger partial charge in [0.1, 0.15) is 5.76 Å². The van der Waals surface area contributed by atoms with Crippen molar-refractivity contribution in [2.75, 3.05) is 6.54 Å². The highest BCUT2D eigenvalue weighted by molar-refractivity contribution is 7.89. The van der Waals surface area contributed by atoms with Crippen LogP contribution < -0.4 is 5.43 Å². The molecule has 2 aromatic carbocycles. The molecule has 3 rings (SSSR count). The van der Waals surface area contributed by atoms with Gasteiger partial charge < -0.3 is 4.42 Å². The van der Waals surface area contributed by atoms with E-state index in [0.717, 1.165) is 21.0 Å². The zero-order chi connectivity index (χ0) is 21.6. The highest BCUT2D eigenvalue weighted by atomic mass is 32.2. The molecule has 156 valence electrons. The highest BCUT2D eigenvalue weighted by Gasteiger charge is 2.27. The quantitative estimate of drug-likeness (QED) is 0.443. The SMILES string of the molecule is Cc1ccc(S(=O)(=O)N(CC(=O)N/N=C\c2ccco2)Cc2cccc(C)c2)cc1. The van der Waals surface area contributed by atoms with Gasteiger partial charge in [0, 0.05) is 6.54 Å². The van der Waals surface area contributed by atoms with Crippen LogP contribution in [0, 0.1) is 13.8 Å². The molecule has 1 N–H and O–H groups in total. The highest BCUT2D eigenvalue weighted by Crippen LogP contribution is 2.19. The molecule has 30 heavy (non-hydrogen) atoms. The summed E-state index contributed by atoms with van der Waals surface area (Å²) < 4.78 is 32.7. The van der Waals surface area contributed by atoms with E-state index >= 15 is 0 Å². The Morgan fingerprint density at radius 1 is 1.07 bits per heavy atom. The second kappa shape index (κ2) is 9.51. The molecule has 0 aliphatic heterocycles. The fourth-order valence-corrected chi connectivity index (χ4v) is 4.21. The number of nitrogens with one attached hydrogen (secondary N) is 1. The maximum Gasteiger partial charge on any atom is 0.255 e. The summed E-state index contributed by atoms with van der Waals surface area (Å²) in [4.78, 5) is 12.5. The predicted molar refractivity (Wildman–Crippen MR) is 114 cm³/mol. The van der Waals surface area contributed by atoms with Crippen molar-refractivity contribution in [3.8, 4) is 0 Å². The number of hydrogen-bond donors (Lipinski definition) is 1. The molecule has 0 bridgehead atoms. The van der Waals surface area contributed by atoms with Gasteiger partial charge in [-0.05, 0) is 43.7 Å². The summed E-state index contributed by atoms with van der Waals surface area (Å²) in [7, 11) is -3.89. The van der Waals surface area contributed by atoms with E-state index < -0.39 is 15.9 Å². The van der Waals surface area contributed by atoms with Crippen molar-refractivity contribution in [2.45, 2.75) is 25.3 Å². The van der Waals surface area contributed by atoms with Gasteiger partial charge in [0.2, 0.25) is 10.0 Å². The number of benzene rings is 2. The Hall–Kier alpha value is -3.23. The predicted octanol–water partition coefficient (Wildman–Crippen LogP) is 3.24. The standard InChI is InChI=1S/C22H23N3O4S/c1-17-8-10-21(11-9-17)30(27,28)25(15-19-6-3-5-18(2)13-19)16-22(26)24-23-14-20-7-4-12-29-20/h3-14H,15-16H2,1-2H3,(H,24,26)/b23-14-. The molecule has 8 heteroatoms. The summed E-state index contributed by atoms with van der Waals surface area (Å²) >= 11 is 0. The largest absolute Gasteiger partial charge is 0.463 e. The van der Waals surface area contributed by atoms with Gasteiger partial charge >= 0.3 is 0 Å². The van der Waals surface area contributed by atoms with Gasteiger partial charge in [0.15, 0.2) is 0 Å². The topological polar surface area (TPSA) is 92.0 Å². The number of carbonyl (C=O) groups is 1. The van der Waals surface area contributed by atoms with E-state index in [4.69, 9.17) is 4.42 Å². The Morgan fingerprint density at radius 3 is 2.50 bits per heavy atom.